The minimum atomic E-state index is -0.995. The number of hydrogen-bond acceptors (Lipinski definition) is 9. The average Bonchev–Trinajstić information content (AvgIpc) is 3.11. The summed E-state index contributed by atoms with van der Waals surface area (Å²) in [7, 11) is 1.49. The smallest absolute Gasteiger partial charge is 0.311 e. The topological polar surface area (TPSA) is 110 Å². The Bertz CT molecular complexity index is 676. The van der Waals surface area contributed by atoms with Gasteiger partial charge in [0.05, 0.1) is 29.5 Å². The molecule has 0 aliphatic carbocycles. The van der Waals surface area contributed by atoms with Gasteiger partial charge in [0.2, 0.25) is 0 Å². The third kappa shape index (κ3) is 5.80. The molecule has 2 saturated heterocycles. The number of aliphatic hydroxyl groups is 1. The SMILES string of the molecule is CO[C@@H](COC(=O)C(C)(C)C)[C@H]1O[C@@H]2OC(C)(C)O[C@@H]2[C@@]1(CO)CCOC(=O)C(C)(C)C. The highest BCUT2D eigenvalue weighted by molar-refractivity contribution is 5.75. The van der Waals surface area contributed by atoms with Crippen LogP contribution in [0, 0.1) is 16.2 Å². The highest BCUT2D eigenvalue weighted by atomic mass is 16.8. The molecule has 2 aliphatic rings. The van der Waals surface area contributed by atoms with Crippen molar-refractivity contribution in [1.29, 1.82) is 0 Å². The van der Waals surface area contributed by atoms with Crippen LogP contribution in [0.3, 0.4) is 0 Å². The second-order valence-electron chi connectivity index (χ2n) is 11.1. The monoisotopic (exact) mass is 460 g/mol. The Hall–Kier alpha value is -1.26. The fraction of sp³-hybridized carbons (Fsp3) is 0.913. The number of aliphatic hydroxyl groups excluding tert-OH is 1. The lowest BCUT2D eigenvalue weighted by Gasteiger charge is -2.39. The maximum Gasteiger partial charge on any atom is 0.311 e. The molecule has 0 aromatic carbocycles. The Morgan fingerprint density at radius 2 is 1.56 bits per heavy atom. The van der Waals surface area contributed by atoms with Gasteiger partial charge < -0.3 is 33.5 Å². The first-order valence-corrected chi connectivity index (χ1v) is 11.1. The average molecular weight is 461 g/mol. The zero-order valence-electron chi connectivity index (χ0n) is 20.9. The van der Waals surface area contributed by atoms with Crippen LogP contribution in [0.2, 0.25) is 0 Å². The zero-order valence-corrected chi connectivity index (χ0v) is 20.9. The molecule has 2 heterocycles. The molecule has 2 rings (SSSR count). The number of fused-ring (bicyclic) bond motifs is 1. The molecule has 2 aliphatic heterocycles. The molecule has 0 bridgehead atoms. The van der Waals surface area contributed by atoms with Gasteiger partial charge in [-0.2, -0.15) is 0 Å². The Morgan fingerprint density at radius 3 is 2.06 bits per heavy atom. The molecule has 9 nitrogen and oxygen atoms in total. The van der Waals surface area contributed by atoms with Crippen molar-refractivity contribution in [2.45, 2.75) is 92.2 Å². The Kier molecular flexibility index (Phi) is 8.05. The minimum Gasteiger partial charge on any atom is -0.465 e. The summed E-state index contributed by atoms with van der Waals surface area (Å²) in [6, 6.07) is 0. The zero-order chi connectivity index (χ0) is 24.5. The molecular weight excluding hydrogens is 420 g/mol. The van der Waals surface area contributed by atoms with Gasteiger partial charge in [0, 0.05) is 7.11 Å². The van der Waals surface area contributed by atoms with Crippen molar-refractivity contribution in [1.82, 2.24) is 0 Å². The molecule has 0 saturated carbocycles. The highest BCUT2D eigenvalue weighted by Crippen LogP contribution is 2.51. The van der Waals surface area contributed by atoms with E-state index in [9.17, 15) is 14.7 Å². The summed E-state index contributed by atoms with van der Waals surface area (Å²) in [5.74, 6) is -1.62. The molecule has 5 atom stereocenters. The van der Waals surface area contributed by atoms with Crippen LogP contribution in [-0.4, -0.2) is 74.4 Å². The van der Waals surface area contributed by atoms with Gasteiger partial charge in [0.25, 0.3) is 0 Å². The third-order valence-corrected chi connectivity index (χ3v) is 5.81. The lowest BCUT2D eigenvalue weighted by atomic mass is 9.74. The van der Waals surface area contributed by atoms with E-state index in [2.05, 4.69) is 0 Å². The van der Waals surface area contributed by atoms with E-state index in [0.29, 0.717) is 0 Å². The summed E-state index contributed by atoms with van der Waals surface area (Å²) in [5, 5.41) is 10.6. The van der Waals surface area contributed by atoms with Gasteiger partial charge in [-0.25, -0.2) is 0 Å². The van der Waals surface area contributed by atoms with E-state index in [1.807, 2.05) is 0 Å². The summed E-state index contributed by atoms with van der Waals surface area (Å²) in [4.78, 5) is 24.5. The van der Waals surface area contributed by atoms with Crippen LogP contribution in [-0.2, 0) is 38.0 Å². The molecule has 9 heteroatoms. The van der Waals surface area contributed by atoms with Gasteiger partial charge in [-0.3, -0.25) is 9.59 Å². The fourth-order valence-corrected chi connectivity index (χ4v) is 3.87. The van der Waals surface area contributed by atoms with Crippen LogP contribution in [0.4, 0.5) is 0 Å². The van der Waals surface area contributed by atoms with Crippen LogP contribution >= 0.6 is 0 Å². The van der Waals surface area contributed by atoms with Gasteiger partial charge in [-0.05, 0) is 61.8 Å². The Morgan fingerprint density at radius 1 is 1.00 bits per heavy atom. The number of carbonyl (C=O) groups excluding carboxylic acids is 2. The number of methoxy groups -OCH3 is 1. The van der Waals surface area contributed by atoms with Crippen molar-refractivity contribution in [3.63, 3.8) is 0 Å². The van der Waals surface area contributed by atoms with E-state index in [0.717, 1.165) is 0 Å². The molecular formula is C23H40O9. The fourth-order valence-electron chi connectivity index (χ4n) is 3.87. The Balaban J connectivity index is 2.24. The molecule has 2 fully saturated rings. The van der Waals surface area contributed by atoms with Crippen LogP contribution < -0.4 is 0 Å². The van der Waals surface area contributed by atoms with Gasteiger partial charge in [-0.1, -0.05) is 0 Å². The van der Waals surface area contributed by atoms with Crippen molar-refractivity contribution < 1.29 is 43.1 Å². The standard InChI is InChI=1S/C23H40O9/c1-20(2,3)18(25)28-11-10-23(13-24)15(30-17-16(23)31-22(7,8)32-17)14(27-9)12-29-19(26)21(4,5)6/h14-17,24H,10-13H2,1-9H3/t14-,15+,16-,17+,23+/m0/s1. The maximum atomic E-state index is 12.3. The molecule has 0 spiro atoms. The van der Waals surface area contributed by atoms with Crippen LogP contribution in [0.15, 0.2) is 0 Å². The molecule has 1 N–H and O–H groups in total. The van der Waals surface area contributed by atoms with Crippen LogP contribution in [0.1, 0.15) is 61.8 Å². The minimum absolute atomic E-state index is 0.0573. The first-order valence-electron chi connectivity index (χ1n) is 11.1. The van der Waals surface area contributed by atoms with Gasteiger partial charge in [-0.15, -0.1) is 0 Å². The molecule has 0 unspecified atom stereocenters. The molecule has 0 amide bonds. The lowest BCUT2D eigenvalue weighted by molar-refractivity contribution is -0.240. The summed E-state index contributed by atoms with van der Waals surface area (Å²) in [5.41, 5.74) is -2.31. The largest absolute Gasteiger partial charge is 0.465 e. The quantitative estimate of drug-likeness (QED) is 0.546. The Labute approximate surface area is 191 Å². The second-order valence-corrected chi connectivity index (χ2v) is 11.1. The first-order chi connectivity index (χ1) is 14.6. The number of hydrogen-bond donors (Lipinski definition) is 1. The van der Waals surface area contributed by atoms with Crippen molar-refractivity contribution in [2.75, 3.05) is 26.9 Å². The number of carbonyl (C=O) groups is 2. The summed E-state index contributed by atoms with van der Waals surface area (Å²) < 4.78 is 34.7. The van der Waals surface area contributed by atoms with E-state index in [4.69, 9.17) is 28.4 Å². The maximum absolute atomic E-state index is 12.3. The summed E-state index contributed by atoms with van der Waals surface area (Å²) >= 11 is 0. The normalized spacial score (nSPS) is 30.6. The second kappa shape index (κ2) is 9.54. The van der Waals surface area contributed by atoms with Crippen molar-refractivity contribution >= 4 is 11.9 Å². The highest BCUT2D eigenvalue weighted by Gasteiger charge is 2.65. The van der Waals surface area contributed by atoms with E-state index >= 15 is 0 Å². The van der Waals surface area contributed by atoms with Gasteiger partial charge >= 0.3 is 11.9 Å². The lowest BCUT2D eigenvalue weighted by Crippen LogP contribution is -2.52. The predicted molar refractivity (Wildman–Crippen MR) is 114 cm³/mol. The molecule has 0 aromatic heterocycles. The van der Waals surface area contributed by atoms with E-state index in [1.54, 1.807) is 55.4 Å². The molecule has 186 valence electrons. The van der Waals surface area contributed by atoms with Crippen molar-refractivity contribution in [3.05, 3.63) is 0 Å². The molecule has 32 heavy (non-hydrogen) atoms. The third-order valence-electron chi connectivity index (χ3n) is 5.81. The summed E-state index contributed by atoms with van der Waals surface area (Å²) in [6.07, 6.45) is -2.51. The first kappa shape index (κ1) is 27.0. The molecule has 0 aromatic rings. The van der Waals surface area contributed by atoms with Crippen molar-refractivity contribution in [3.8, 4) is 0 Å². The number of rotatable bonds is 8. The molecule has 0 radical (unpaired) electrons. The van der Waals surface area contributed by atoms with E-state index in [1.165, 1.54) is 7.11 Å². The van der Waals surface area contributed by atoms with E-state index in [-0.39, 0.29) is 38.2 Å². The predicted octanol–water partition coefficient (Wildman–Crippen LogP) is 2.43. The van der Waals surface area contributed by atoms with Crippen molar-refractivity contribution in [2.24, 2.45) is 16.2 Å². The van der Waals surface area contributed by atoms with Crippen LogP contribution in [0.5, 0.6) is 0 Å². The van der Waals surface area contributed by atoms with Gasteiger partial charge in [0.15, 0.2) is 12.1 Å². The van der Waals surface area contributed by atoms with E-state index < -0.39 is 46.6 Å². The van der Waals surface area contributed by atoms with Crippen LogP contribution in [0.25, 0.3) is 0 Å². The summed E-state index contributed by atoms with van der Waals surface area (Å²) in [6.45, 7) is 13.8. The number of esters is 2. The van der Waals surface area contributed by atoms with Gasteiger partial charge in [0.1, 0.15) is 24.9 Å². The number of ether oxygens (including phenoxy) is 6.